The van der Waals surface area contributed by atoms with Crippen molar-refractivity contribution in [3.63, 3.8) is 0 Å². The fraction of sp³-hybridized carbons (Fsp3) is 0.286. The minimum absolute atomic E-state index is 0.105. The van der Waals surface area contributed by atoms with Crippen LogP contribution in [-0.2, 0) is 4.79 Å². The standard InChI is InChI=1S/C21H25FN6O4/c1-32-17-7-3-6-16(13-17)26-21(31)28-11-10-27(19(28)18(29)24-9-8-23)20(30)25-15-5-2-4-14(22)12-15/h2-7,12-13,19H,8-11,23H2,1H3,(H,24,29)(H,25,30)(H,26,31). The summed E-state index contributed by atoms with van der Waals surface area (Å²) in [6.45, 7) is 0.602. The first-order chi connectivity index (χ1) is 15.4. The quantitative estimate of drug-likeness (QED) is 0.538. The van der Waals surface area contributed by atoms with Gasteiger partial charge in [-0.3, -0.25) is 14.6 Å². The number of ether oxygens (including phenoxy) is 1. The second-order valence-corrected chi connectivity index (χ2v) is 6.94. The van der Waals surface area contributed by atoms with Crippen LogP contribution >= 0.6 is 0 Å². The fourth-order valence-electron chi connectivity index (χ4n) is 3.28. The Morgan fingerprint density at radius 3 is 2.19 bits per heavy atom. The molecule has 0 bridgehead atoms. The maximum atomic E-state index is 13.5. The van der Waals surface area contributed by atoms with Gasteiger partial charge in [-0.1, -0.05) is 12.1 Å². The van der Waals surface area contributed by atoms with Crippen molar-refractivity contribution in [3.05, 3.63) is 54.3 Å². The van der Waals surface area contributed by atoms with Crippen molar-refractivity contribution in [1.29, 1.82) is 0 Å². The molecule has 1 atom stereocenters. The Kier molecular flexibility index (Phi) is 7.45. The SMILES string of the molecule is COc1cccc(NC(=O)N2CCN(C(=O)Nc3cccc(F)c3)C2C(=O)NCCN)c1. The zero-order valence-electron chi connectivity index (χ0n) is 17.5. The number of urea groups is 2. The van der Waals surface area contributed by atoms with E-state index in [4.69, 9.17) is 10.5 Å². The molecule has 1 fully saturated rings. The highest BCUT2D eigenvalue weighted by Gasteiger charge is 2.42. The molecule has 0 aromatic heterocycles. The summed E-state index contributed by atoms with van der Waals surface area (Å²) in [5.74, 6) is -0.513. The number of nitrogens with one attached hydrogen (secondary N) is 3. The normalized spacial score (nSPS) is 15.3. The van der Waals surface area contributed by atoms with E-state index in [1.807, 2.05) is 0 Å². The second-order valence-electron chi connectivity index (χ2n) is 6.94. The number of carbonyl (C=O) groups excluding carboxylic acids is 3. The molecule has 1 aliphatic heterocycles. The van der Waals surface area contributed by atoms with Gasteiger partial charge in [0.2, 0.25) is 0 Å². The largest absolute Gasteiger partial charge is 0.497 e. The number of nitrogens with zero attached hydrogens (tertiary/aromatic N) is 2. The second kappa shape index (κ2) is 10.4. The van der Waals surface area contributed by atoms with Gasteiger partial charge in [-0.2, -0.15) is 0 Å². The summed E-state index contributed by atoms with van der Waals surface area (Å²) in [5, 5.41) is 7.88. The van der Waals surface area contributed by atoms with Crippen LogP contribution in [0.4, 0.5) is 25.4 Å². The first kappa shape index (κ1) is 22.8. The first-order valence-corrected chi connectivity index (χ1v) is 9.95. The van der Waals surface area contributed by atoms with Crippen LogP contribution in [0.15, 0.2) is 48.5 Å². The lowest BCUT2D eigenvalue weighted by Crippen LogP contribution is -2.55. The van der Waals surface area contributed by atoms with Crippen LogP contribution < -0.4 is 26.4 Å². The van der Waals surface area contributed by atoms with Gasteiger partial charge < -0.3 is 26.4 Å². The van der Waals surface area contributed by atoms with Crippen LogP contribution in [0.25, 0.3) is 0 Å². The Morgan fingerprint density at radius 1 is 1.03 bits per heavy atom. The van der Waals surface area contributed by atoms with Crippen molar-refractivity contribution in [3.8, 4) is 5.75 Å². The van der Waals surface area contributed by atoms with Crippen LogP contribution in [0.2, 0.25) is 0 Å². The average Bonchev–Trinajstić information content (AvgIpc) is 3.23. The van der Waals surface area contributed by atoms with Gasteiger partial charge in [-0.25, -0.2) is 14.0 Å². The summed E-state index contributed by atoms with van der Waals surface area (Å²) in [4.78, 5) is 41.0. The van der Waals surface area contributed by atoms with Gasteiger partial charge in [0, 0.05) is 43.6 Å². The van der Waals surface area contributed by atoms with Crippen LogP contribution in [0.1, 0.15) is 0 Å². The Hall–Kier alpha value is -3.86. The van der Waals surface area contributed by atoms with Crippen molar-refractivity contribution in [2.45, 2.75) is 6.17 Å². The molecule has 32 heavy (non-hydrogen) atoms. The molecule has 11 heteroatoms. The van der Waals surface area contributed by atoms with Crippen LogP contribution in [-0.4, -0.2) is 67.2 Å². The predicted octanol–water partition coefficient (Wildman–Crippen LogP) is 1.62. The minimum Gasteiger partial charge on any atom is -0.497 e. The van der Waals surface area contributed by atoms with Gasteiger partial charge in [-0.15, -0.1) is 0 Å². The Bertz CT molecular complexity index is 988. The van der Waals surface area contributed by atoms with Crippen molar-refractivity contribution >= 4 is 29.3 Å². The molecule has 0 spiro atoms. The summed E-state index contributed by atoms with van der Waals surface area (Å²) in [6.07, 6.45) is -1.21. The van der Waals surface area contributed by atoms with E-state index < -0.39 is 30.0 Å². The number of nitrogens with two attached hydrogens (primary N) is 1. The summed E-state index contributed by atoms with van der Waals surface area (Å²) in [7, 11) is 1.51. The summed E-state index contributed by atoms with van der Waals surface area (Å²) in [5.41, 5.74) is 6.16. The summed E-state index contributed by atoms with van der Waals surface area (Å²) >= 11 is 0. The zero-order valence-corrected chi connectivity index (χ0v) is 17.5. The first-order valence-electron chi connectivity index (χ1n) is 9.95. The number of anilines is 2. The molecule has 2 aromatic carbocycles. The molecular weight excluding hydrogens is 419 g/mol. The van der Waals surface area contributed by atoms with Gasteiger partial charge in [0.1, 0.15) is 11.6 Å². The van der Waals surface area contributed by atoms with E-state index in [0.717, 1.165) is 6.07 Å². The number of halogens is 1. The molecule has 1 heterocycles. The number of methoxy groups -OCH3 is 1. The number of rotatable bonds is 6. The van der Waals surface area contributed by atoms with E-state index in [1.165, 1.54) is 35.1 Å². The molecule has 0 radical (unpaired) electrons. The van der Waals surface area contributed by atoms with E-state index in [9.17, 15) is 18.8 Å². The predicted molar refractivity (Wildman–Crippen MR) is 117 cm³/mol. The lowest BCUT2D eigenvalue weighted by Gasteiger charge is -2.29. The summed E-state index contributed by atoms with van der Waals surface area (Å²) in [6, 6.07) is 10.9. The molecule has 170 valence electrons. The van der Waals surface area contributed by atoms with Gasteiger partial charge in [0.05, 0.1) is 7.11 Å². The molecule has 3 rings (SSSR count). The number of carbonyl (C=O) groups is 3. The maximum Gasteiger partial charge on any atom is 0.323 e. The molecule has 0 saturated carbocycles. The molecule has 0 aliphatic carbocycles. The van der Waals surface area contributed by atoms with Gasteiger partial charge in [-0.05, 0) is 30.3 Å². The lowest BCUT2D eigenvalue weighted by molar-refractivity contribution is -0.127. The molecule has 1 unspecified atom stereocenters. The third-order valence-corrected chi connectivity index (χ3v) is 4.77. The lowest BCUT2D eigenvalue weighted by atomic mass is 10.3. The molecular formula is C21H25FN6O4. The number of benzene rings is 2. The Balaban J connectivity index is 1.78. The van der Waals surface area contributed by atoms with Gasteiger partial charge in [0.25, 0.3) is 5.91 Å². The van der Waals surface area contributed by atoms with Crippen molar-refractivity contribution < 1.29 is 23.5 Å². The Morgan fingerprint density at radius 2 is 1.62 bits per heavy atom. The van der Waals surface area contributed by atoms with Gasteiger partial charge >= 0.3 is 12.1 Å². The third-order valence-electron chi connectivity index (χ3n) is 4.77. The number of amides is 5. The van der Waals surface area contributed by atoms with E-state index in [0.29, 0.717) is 11.4 Å². The van der Waals surface area contributed by atoms with Crippen LogP contribution in [0, 0.1) is 5.82 Å². The fourth-order valence-corrected chi connectivity index (χ4v) is 3.28. The number of hydrogen-bond acceptors (Lipinski definition) is 5. The molecule has 5 N–H and O–H groups in total. The molecule has 5 amide bonds. The zero-order chi connectivity index (χ0) is 23.1. The van der Waals surface area contributed by atoms with E-state index in [-0.39, 0.29) is 31.9 Å². The van der Waals surface area contributed by atoms with Gasteiger partial charge in [0.15, 0.2) is 6.17 Å². The molecule has 1 aliphatic rings. The third kappa shape index (κ3) is 5.43. The monoisotopic (exact) mass is 444 g/mol. The van der Waals surface area contributed by atoms with E-state index >= 15 is 0 Å². The topological polar surface area (TPSA) is 129 Å². The smallest absolute Gasteiger partial charge is 0.323 e. The molecule has 2 aromatic rings. The van der Waals surface area contributed by atoms with Crippen molar-refractivity contribution in [2.24, 2.45) is 5.73 Å². The van der Waals surface area contributed by atoms with Crippen LogP contribution in [0.3, 0.4) is 0 Å². The highest BCUT2D eigenvalue weighted by molar-refractivity contribution is 5.98. The minimum atomic E-state index is -1.21. The van der Waals surface area contributed by atoms with E-state index in [1.54, 1.807) is 24.3 Å². The van der Waals surface area contributed by atoms with Crippen molar-refractivity contribution in [2.75, 3.05) is 43.9 Å². The highest BCUT2D eigenvalue weighted by Crippen LogP contribution is 2.21. The highest BCUT2D eigenvalue weighted by atomic mass is 19.1. The van der Waals surface area contributed by atoms with E-state index in [2.05, 4.69) is 16.0 Å². The average molecular weight is 444 g/mol. The van der Waals surface area contributed by atoms with Crippen LogP contribution in [0.5, 0.6) is 5.75 Å². The number of hydrogen-bond donors (Lipinski definition) is 4. The maximum absolute atomic E-state index is 13.5. The molecule has 10 nitrogen and oxygen atoms in total. The molecule has 1 saturated heterocycles. The summed E-state index contributed by atoms with van der Waals surface area (Å²) < 4.78 is 18.6. The Labute approximate surface area is 184 Å². The van der Waals surface area contributed by atoms with Crippen molar-refractivity contribution in [1.82, 2.24) is 15.1 Å².